The molecular formula is C13H11N3O. The van der Waals surface area contributed by atoms with E-state index in [1.807, 2.05) is 24.3 Å². The fourth-order valence-corrected chi connectivity index (χ4v) is 1.50. The SMILES string of the molecule is C#CCNC(=O)Nc1cccc2cccnc12. The molecule has 0 aliphatic rings. The van der Waals surface area contributed by atoms with Crippen molar-refractivity contribution in [3.8, 4) is 12.3 Å². The molecule has 0 aliphatic carbocycles. The molecule has 0 spiro atoms. The van der Waals surface area contributed by atoms with Gasteiger partial charge in [-0.15, -0.1) is 6.42 Å². The normalized spacial score (nSPS) is 9.59. The van der Waals surface area contributed by atoms with Gasteiger partial charge in [0.05, 0.1) is 17.7 Å². The number of fused-ring (bicyclic) bond motifs is 1. The van der Waals surface area contributed by atoms with Crippen molar-refractivity contribution < 1.29 is 4.79 Å². The summed E-state index contributed by atoms with van der Waals surface area (Å²) in [6, 6.07) is 9.05. The number of pyridine rings is 1. The van der Waals surface area contributed by atoms with Crippen molar-refractivity contribution in [3.63, 3.8) is 0 Å². The summed E-state index contributed by atoms with van der Waals surface area (Å²) < 4.78 is 0. The first kappa shape index (κ1) is 11.0. The summed E-state index contributed by atoms with van der Waals surface area (Å²) in [7, 11) is 0. The van der Waals surface area contributed by atoms with E-state index in [0.29, 0.717) is 5.69 Å². The van der Waals surface area contributed by atoms with Crippen LogP contribution in [-0.2, 0) is 0 Å². The molecule has 2 aromatic rings. The van der Waals surface area contributed by atoms with E-state index < -0.39 is 0 Å². The highest BCUT2D eigenvalue weighted by atomic mass is 16.2. The van der Waals surface area contributed by atoms with Crippen LogP contribution in [0.4, 0.5) is 10.5 Å². The van der Waals surface area contributed by atoms with Gasteiger partial charge in [-0.2, -0.15) is 0 Å². The zero-order chi connectivity index (χ0) is 12.1. The highest BCUT2D eigenvalue weighted by Gasteiger charge is 2.04. The summed E-state index contributed by atoms with van der Waals surface area (Å²) in [5.74, 6) is 2.33. The highest BCUT2D eigenvalue weighted by molar-refractivity contribution is 5.99. The van der Waals surface area contributed by atoms with Gasteiger partial charge >= 0.3 is 6.03 Å². The Morgan fingerprint density at radius 2 is 2.18 bits per heavy atom. The predicted octanol–water partition coefficient (Wildman–Crippen LogP) is 1.99. The number of hydrogen-bond donors (Lipinski definition) is 2. The molecule has 1 aromatic heterocycles. The third kappa shape index (κ3) is 2.52. The van der Waals surface area contributed by atoms with E-state index in [1.54, 1.807) is 12.3 Å². The molecule has 0 aliphatic heterocycles. The minimum atomic E-state index is -0.332. The molecular weight excluding hydrogens is 214 g/mol. The fraction of sp³-hybridized carbons (Fsp3) is 0.0769. The van der Waals surface area contributed by atoms with Crippen LogP contribution in [0, 0.1) is 12.3 Å². The quantitative estimate of drug-likeness (QED) is 0.768. The van der Waals surface area contributed by atoms with Gasteiger partial charge in [-0.05, 0) is 12.1 Å². The molecule has 2 N–H and O–H groups in total. The van der Waals surface area contributed by atoms with E-state index in [0.717, 1.165) is 10.9 Å². The van der Waals surface area contributed by atoms with Crippen LogP contribution in [0.2, 0.25) is 0 Å². The first-order valence-electron chi connectivity index (χ1n) is 5.13. The maximum atomic E-state index is 11.5. The van der Waals surface area contributed by atoms with Crippen LogP contribution in [0.5, 0.6) is 0 Å². The second-order valence-electron chi connectivity index (χ2n) is 3.39. The smallest absolute Gasteiger partial charge is 0.320 e. The van der Waals surface area contributed by atoms with Crippen LogP contribution in [0.15, 0.2) is 36.5 Å². The van der Waals surface area contributed by atoms with Gasteiger partial charge in [0, 0.05) is 11.6 Å². The summed E-state index contributed by atoms with van der Waals surface area (Å²) in [5, 5.41) is 6.22. The van der Waals surface area contributed by atoms with Crippen molar-refractivity contribution in [1.82, 2.24) is 10.3 Å². The first-order valence-corrected chi connectivity index (χ1v) is 5.13. The molecule has 0 unspecified atom stereocenters. The Bertz CT molecular complexity index is 581. The number of hydrogen-bond acceptors (Lipinski definition) is 2. The average molecular weight is 225 g/mol. The van der Waals surface area contributed by atoms with E-state index in [1.165, 1.54) is 0 Å². The van der Waals surface area contributed by atoms with E-state index in [9.17, 15) is 4.79 Å². The lowest BCUT2D eigenvalue weighted by molar-refractivity contribution is 0.253. The largest absolute Gasteiger partial charge is 0.327 e. The van der Waals surface area contributed by atoms with Crippen molar-refractivity contribution in [3.05, 3.63) is 36.5 Å². The molecule has 1 aromatic carbocycles. The van der Waals surface area contributed by atoms with Gasteiger partial charge < -0.3 is 10.6 Å². The zero-order valence-corrected chi connectivity index (χ0v) is 9.10. The molecule has 0 saturated heterocycles. The second-order valence-corrected chi connectivity index (χ2v) is 3.39. The van der Waals surface area contributed by atoms with Crippen LogP contribution in [0.1, 0.15) is 0 Å². The maximum Gasteiger partial charge on any atom is 0.320 e. The second kappa shape index (κ2) is 4.99. The molecule has 0 radical (unpaired) electrons. The van der Waals surface area contributed by atoms with Crippen LogP contribution < -0.4 is 10.6 Å². The number of anilines is 1. The molecule has 17 heavy (non-hydrogen) atoms. The van der Waals surface area contributed by atoms with Crippen molar-refractivity contribution in [2.24, 2.45) is 0 Å². The molecule has 4 heteroatoms. The van der Waals surface area contributed by atoms with E-state index in [2.05, 4.69) is 21.5 Å². The van der Waals surface area contributed by atoms with Crippen LogP contribution in [0.3, 0.4) is 0 Å². The molecule has 0 saturated carbocycles. The van der Waals surface area contributed by atoms with Crippen molar-refractivity contribution in [1.29, 1.82) is 0 Å². The highest BCUT2D eigenvalue weighted by Crippen LogP contribution is 2.20. The number of nitrogens with zero attached hydrogens (tertiary/aromatic N) is 1. The Morgan fingerprint density at radius 3 is 3.00 bits per heavy atom. The van der Waals surface area contributed by atoms with Gasteiger partial charge in [0.25, 0.3) is 0 Å². The van der Waals surface area contributed by atoms with Gasteiger partial charge in [-0.25, -0.2) is 4.79 Å². The van der Waals surface area contributed by atoms with Crippen LogP contribution >= 0.6 is 0 Å². The number of aromatic nitrogens is 1. The van der Waals surface area contributed by atoms with Crippen LogP contribution in [-0.4, -0.2) is 17.6 Å². The summed E-state index contributed by atoms with van der Waals surface area (Å²) in [6.45, 7) is 0.198. The average Bonchev–Trinajstić information content (AvgIpc) is 2.37. The predicted molar refractivity (Wildman–Crippen MR) is 67.6 cm³/mol. The number of rotatable bonds is 2. The first-order chi connectivity index (χ1) is 8.31. The van der Waals surface area contributed by atoms with E-state index in [4.69, 9.17) is 6.42 Å². The van der Waals surface area contributed by atoms with E-state index >= 15 is 0 Å². The number of nitrogens with one attached hydrogen (secondary N) is 2. The van der Waals surface area contributed by atoms with Gasteiger partial charge in [0.1, 0.15) is 0 Å². The Morgan fingerprint density at radius 1 is 1.35 bits per heavy atom. The number of terminal acetylenes is 1. The number of carbonyl (C=O) groups is 1. The molecule has 84 valence electrons. The molecule has 1 heterocycles. The van der Waals surface area contributed by atoms with Crippen molar-refractivity contribution >= 4 is 22.6 Å². The van der Waals surface area contributed by atoms with Gasteiger partial charge in [-0.1, -0.05) is 24.1 Å². The molecule has 0 fully saturated rings. The minimum absolute atomic E-state index is 0.198. The fourth-order valence-electron chi connectivity index (χ4n) is 1.50. The topological polar surface area (TPSA) is 54.0 Å². The number of para-hydroxylation sites is 1. The summed E-state index contributed by atoms with van der Waals surface area (Å²) >= 11 is 0. The molecule has 2 rings (SSSR count). The zero-order valence-electron chi connectivity index (χ0n) is 9.10. The summed E-state index contributed by atoms with van der Waals surface area (Å²) in [5.41, 5.74) is 1.42. The van der Waals surface area contributed by atoms with Gasteiger partial charge in [-0.3, -0.25) is 4.98 Å². The minimum Gasteiger partial charge on any atom is -0.327 e. The number of benzene rings is 1. The van der Waals surface area contributed by atoms with Crippen molar-refractivity contribution in [2.75, 3.05) is 11.9 Å². The monoisotopic (exact) mass is 225 g/mol. The third-order valence-corrected chi connectivity index (χ3v) is 2.23. The standard InChI is InChI=1S/C13H11N3O/c1-2-8-15-13(17)16-11-7-3-5-10-6-4-9-14-12(10)11/h1,3-7,9H,8H2,(H2,15,16,17). The van der Waals surface area contributed by atoms with Crippen LogP contribution in [0.25, 0.3) is 10.9 Å². The maximum absolute atomic E-state index is 11.5. The lowest BCUT2D eigenvalue weighted by Gasteiger charge is -2.07. The number of carbonyl (C=O) groups excluding carboxylic acids is 1. The molecule has 0 atom stereocenters. The summed E-state index contributed by atoms with van der Waals surface area (Å²) in [6.07, 6.45) is 6.74. The molecule has 4 nitrogen and oxygen atoms in total. The lowest BCUT2D eigenvalue weighted by Crippen LogP contribution is -2.28. The Labute approximate surface area is 99.1 Å². The van der Waals surface area contributed by atoms with Crippen molar-refractivity contribution in [2.45, 2.75) is 0 Å². The third-order valence-electron chi connectivity index (χ3n) is 2.23. The number of urea groups is 1. The Hall–Kier alpha value is -2.54. The number of amides is 2. The lowest BCUT2D eigenvalue weighted by atomic mass is 10.2. The van der Waals surface area contributed by atoms with Gasteiger partial charge in [0.15, 0.2) is 0 Å². The van der Waals surface area contributed by atoms with E-state index in [-0.39, 0.29) is 12.6 Å². The molecule has 2 amide bonds. The molecule has 0 bridgehead atoms. The Kier molecular flexibility index (Phi) is 3.22. The van der Waals surface area contributed by atoms with Gasteiger partial charge in [0.2, 0.25) is 0 Å². The summed E-state index contributed by atoms with van der Waals surface area (Å²) in [4.78, 5) is 15.7. The Balaban J connectivity index is 2.24.